The maximum Gasteiger partial charge on any atom is 0.220 e. The van der Waals surface area contributed by atoms with Crippen LogP contribution in [0.1, 0.15) is 367 Å². The van der Waals surface area contributed by atoms with E-state index in [-0.39, 0.29) is 12.5 Å². The number of amides is 1. The molecule has 95 heavy (non-hydrogen) atoms. The first-order valence-electron chi connectivity index (χ1n) is 40.4. The summed E-state index contributed by atoms with van der Waals surface area (Å²) in [5.41, 5.74) is 0. The van der Waals surface area contributed by atoms with Gasteiger partial charge in [-0.15, -0.1) is 0 Å². The zero-order valence-corrected chi connectivity index (χ0v) is 61.2. The largest absolute Gasteiger partial charge is 0.394 e. The van der Waals surface area contributed by atoms with Crippen molar-refractivity contribution in [3.05, 3.63) is 48.6 Å². The highest BCUT2D eigenvalue weighted by Gasteiger charge is 2.51. The van der Waals surface area contributed by atoms with Crippen LogP contribution in [0.15, 0.2) is 48.6 Å². The molecule has 0 aromatic rings. The van der Waals surface area contributed by atoms with Crippen molar-refractivity contribution in [2.45, 2.75) is 441 Å². The van der Waals surface area contributed by atoms with Crippen molar-refractivity contribution in [2.75, 3.05) is 19.8 Å². The van der Waals surface area contributed by atoms with Crippen LogP contribution in [0.4, 0.5) is 0 Å². The Morgan fingerprint density at radius 1 is 0.389 bits per heavy atom. The minimum Gasteiger partial charge on any atom is -0.394 e. The number of ether oxygens (including phenoxy) is 4. The predicted molar refractivity (Wildman–Crippen MR) is 392 cm³/mol. The van der Waals surface area contributed by atoms with Crippen molar-refractivity contribution in [3.63, 3.8) is 0 Å². The smallest absolute Gasteiger partial charge is 0.220 e. The average molecular weight is 1350 g/mol. The summed E-state index contributed by atoms with van der Waals surface area (Å²) in [7, 11) is 0. The first kappa shape index (κ1) is 89.0. The van der Waals surface area contributed by atoms with E-state index in [0.29, 0.717) is 12.8 Å². The minimum atomic E-state index is -1.78. The standard InChI is InChI=1S/C81H151NO13/c1-3-5-7-9-11-13-15-17-19-21-23-25-27-29-30-31-32-33-34-35-36-37-38-39-40-41-43-45-47-49-51-53-55-57-59-61-63-65-73(86)82-69(68-92-80-78(91)76(89)79(72(67-84)94-80)95-81-77(90)75(88)74(87)71(66-83)93-81)70(85)64-62-60-58-56-54-52-50-48-46-44-42-28-26-24-22-20-18-16-14-12-10-8-6-4-2/h5,7,11,13,17,19,23,25,69-72,74-81,83-85,87-91H,3-4,6,8-10,12,14-16,18,20-22,24,26-68H2,1-2H3,(H,82,86)/b7-5-,13-11-,19-17-,25-23-. The second-order valence-corrected chi connectivity index (χ2v) is 28.5. The van der Waals surface area contributed by atoms with E-state index in [1.54, 1.807) is 0 Å². The number of rotatable bonds is 68. The number of carbonyl (C=O) groups excluding carboxylic acids is 1. The van der Waals surface area contributed by atoms with E-state index < -0.39 is 86.8 Å². The van der Waals surface area contributed by atoms with Crippen molar-refractivity contribution in [1.29, 1.82) is 0 Å². The van der Waals surface area contributed by atoms with E-state index in [2.05, 4.69) is 67.8 Å². The molecule has 2 aliphatic heterocycles. The maximum atomic E-state index is 13.4. The fraction of sp³-hybridized carbons (Fsp3) is 0.889. The lowest BCUT2D eigenvalue weighted by Crippen LogP contribution is -2.65. The first-order chi connectivity index (χ1) is 46.6. The third-order valence-corrected chi connectivity index (χ3v) is 19.8. The topological polar surface area (TPSA) is 228 Å². The van der Waals surface area contributed by atoms with Gasteiger partial charge in [0.25, 0.3) is 0 Å². The van der Waals surface area contributed by atoms with Crippen molar-refractivity contribution in [3.8, 4) is 0 Å². The molecule has 0 radical (unpaired) electrons. The van der Waals surface area contributed by atoms with E-state index in [9.17, 15) is 45.6 Å². The molecule has 0 saturated carbocycles. The number of aliphatic hydroxyl groups excluding tert-OH is 8. The van der Waals surface area contributed by atoms with Gasteiger partial charge in [0.2, 0.25) is 5.91 Å². The van der Waals surface area contributed by atoms with E-state index in [1.165, 1.54) is 263 Å². The highest BCUT2D eigenvalue weighted by Crippen LogP contribution is 2.30. The van der Waals surface area contributed by atoms with Gasteiger partial charge in [0.1, 0.15) is 48.8 Å². The fourth-order valence-electron chi connectivity index (χ4n) is 13.5. The Morgan fingerprint density at radius 3 is 1.12 bits per heavy atom. The van der Waals surface area contributed by atoms with Gasteiger partial charge in [-0.3, -0.25) is 4.79 Å². The van der Waals surface area contributed by atoms with Crippen LogP contribution in [0.5, 0.6) is 0 Å². The number of unbranched alkanes of at least 4 members (excludes halogenated alkanes) is 47. The number of hydrogen-bond donors (Lipinski definition) is 9. The Kier molecular flexibility index (Phi) is 61.2. The molecule has 0 aromatic carbocycles. The molecule has 0 bridgehead atoms. The third kappa shape index (κ3) is 48.4. The summed E-state index contributed by atoms with van der Waals surface area (Å²) in [6, 6.07) is -0.829. The molecule has 0 aliphatic carbocycles. The van der Waals surface area contributed by atoms with E-state index in [4.69, 9.17) is 18.9 Å². The molecule has 12 unspecified atom stereocenters. The molecular weight excluding hydrogens is 1190 g/mol. The molecule has 2 heterocycles. The number of aliphatic hydroxyl groups is 8. The summed E-state index contributed by atoms with van der Waals surface area (Å²) in [4.78, 5) is 13.4. The van der Waals surface area contributed by atoms with Crippen molar-refractivity contribution in [2.24, 2.45) is 0 Å². The Hall–Kier alpha value is -2.05. The quantitative estimate of drug-likeness (QED) is 0.0204. The van der Waals surface area contributed by atoms with E-state index in [0.717, 1.165) is 77.0 Å². The van der Waals surface area contributed by atoms with Crippen LogP contribution in [0.2, 0.25) is 0 Å². The Bertz CT molecular complexity index is 1780. The van der Waals surface area contributed by atoms with Crippen molar-refractivity contribution < 1.29 is 64.6 Å². The van der Waals surface area contributed by atoms with Crippen LogP contribution >= 0.6 is 0 Å². The maximum absolute atomic E-state index is 13.4. The monoisotopic (exact) mass is 1350 g/mol. The van der Waals surface area contributed by atoms with Gasteiger partial charge < -0.3 is 65.1 Å². The van der Waals surface area contributed by atoms with Crippen LogP contribution in [0, 0.1) is 0 Å². The van der Waals surface area contributed by atoms with Gasteiger partial charge in [-0.05, 0) is 51.4 Å². The minimum absolute atomic E-state index is 0.198. The summed E-state index contributed by atoms with van der Waals surface area (Å²) in [5, 5.41) is 87.9. The molecule has 0 aromatic heterocycles. The zero-order chi connectivity index (χ0) is 68.7. The Labute approximate surface area is 582 Å². The van der Waals surface area contributed by atoms with Crippen molar-refractivity contribution >= 4 is 5.91 Å². The zero-order valence-electron chi connectivity index (χ0n) is 61.2. The highest BCUT2D eigenvalue weighted by atomic mass is 16.7. The van der Waals surface area contributed by atoms with Crippen LogP contribution in [0.3, 0.4) is 0 Å². The summed E-state index contributed by atoms with van der Waals surface area (Å²) in [6.07, 6.45) is 70.1. The fourth-order valence-corrected chi connectivity index (χ4v) is 13.5. The second-order valence-electron chi connectivity index (χ2n) is 28.5. The molecule has 2 rings (SSSR count). The molecule has 2 saturated heterocycles. The molecule has 12 atom stereocenters. The molecule has 558 valence electrons. The van der Waals surface area contributed by atoms with Crippen LogP contribution in [0.25, 0.3) is 0 Å². The summed E-state index contributed by atoms with van der Waals surface area (Å²) in [5.74, 6) is -0.198. The van der Waals surface area contributed by atoms with Crippen LogP contribution in [-0.4, -0.2) is 140 Å². The molecule has 14 nitrogen and oxygen atoms in total. The molecule has 0 spiro atoms. The van der Waals surface area contributed by atoms with Gasteiger partial charge in [-0.2, -0.15) is 0 Å². The molecule has 1 amide bonds. The van der Waals surface area contributed by atoms with E-state index in [1.807, 2.05) is 0 Å². The Morgan fingerprint density at radius 2 is 0.726 bits per heavy atom. The molecule has 2 fully saturated rings. The van der Waals surface area contributed by atoms with Gasteiger partial charge in [-0.25, -0.2) is 0 Å². The van der Waals surface area contributed by atoms with Crippen LogP contribution < -0.4 is 5.32 Å². The number of carbonyl (C=O) groups is 1. The lowest BCUT2D eigenvalue weighted by molar-refractivity contribution is -0.359. The highest BCUT2D eigenvalue weighted by molar-refractivity contribution is 5.76. The van der Waals surface area contributed by atoms with Gasteiger partial charge in [0.05, 0.1) is 32.0 Å². The summed E-state index contributed by atoms with van der Waals surface area (Å²) >= 11 is 0. The molecule has 9 N–H and O–H groups in total. The van der Waals surface area contributed by atoms with Crippen molar-refractivity contribution in [1.82, 2.24) is 5.32 Å². The number of allylic oxidation sites excluding steroid dienone is 8. The summed E-state index contributed by atoms with van der Waals surface area (Å²) in [6.45, 7) is 2.81. The van der Waals surface area contributed by atoms with Gasteiger partial charge in [-0.1, -0.05) is 358 Å². The third-order valence-electron chi connectivity index (χ3n) is 19.8. The normalized spacial score (nSPS) is 22.5. The molecule has 14 heteroatoms. The Balaban J connectivity index is 1.58. The van der Waals surface area contributed by atoms with Crippen LogP contribution in [-0.2, 0) is 23.7 Å². The van der Waals surface area contributed by atoms with E-state index >= 15 is 0 Å². The number of hydrogen-bond acceptors (Lipinski definition) is 13. The van der Waals surface area contributed by atoms with Gasteiger partial charge >= 0.3 is 0 Å². The lowest BCUT2D eigenvalue weighted by atomic mass is 9.97. The molecule has 2 aliphatic rings. The predicted octanol–water partition coefficient (Wildman–Crippen LogP) is 18.2. The average Bonchev–Trinajstić information content (AvgIpc) is 0.927. The second kappa shape index (κ2) is 65.3. The lowest BCUT2D eigenvalue weighted by Gasteiger charge is -2.46. The van der Waals surface area contributed by atoms with Gasteiger partial charge in [0.15, 0.2) is 12.6 Å². The first-order valence-corrected chi connectivity index (χ1v) is 40.4. The SMILES string of the molecule is CC/C=C\C/C=C\C/C=C\C/C=C\CCCCCCCCCCCCCCCCCCCCCCCCCCC(=O)NC(COC1OC(CO)C(OC2OC(CO)C(O)C(O)C2O)C(O)C1O)C(O)CCCCCCCCCCCCCCCCCCCCCCCCCC. The number of nitrogens with one attached hydrogen (secondary N) is 1. The van der Waals surface area contributed by atoms with Gasteiger partial charge in [0, 0.05) is 6.42 Å². The molecular formula is C81H151NO13. The summed E-state index contributed by atoms with van der Waals surface area (Å²) < 4.78 is 23.0.